The minimum absolute atomic E-state index is 0.0287. The van der Waals surface area contributed by atoms with Crippen molar-refractivity contribution in [3.63, 3.8) is 0 Å². The molecule has 0 aliphatic rings. The zero-order chi connectivity index (χ0) is 11.7. The van der Waals surface area contributed by atoms with Gasteiger partial charge >= 0.3 is 0 Å². The van der Waals surface area contributed by atoms with Crippen LogP contribution in [0.3, 0.4) is 0 Å². The maximum absolute atomic E-state index is 11.6. The Morgan fingerprint density at radius 1 is 1.31 bits per heavy atom. The number of hydrogen-bond donors (Lipinski definition) is 1. The summed E-state index contributed by atoms with van der Waals surface area (Å²) in [5.74, 6) is 0.973. The molecule has 6 heteroatoms. The van der Waals surface area contributed by atoms with Gasteiger partial charge in [-0.1, -0.05) is 0 Å². The van der Waals surface area contributed by atoms with E-state index in [1.807, 2.05) is 0 Å². The second-order valence-electron chi connectivity index (χ2n) is 3.08. The van der Waals surface area contributed by atoms with Crippen LogP contribution in [0.5, 0.6) is 11.5 Å². The molecule has 2 rings (SSSR count). The number of benzene rings is 1. The van der Waals surface area contributed by atoms with E-state index in [0.29, 0.717) is 22.4 Å². The van der Waals surface area contributed by atoms with Gasteiger partial charge in [-0.05, 0) is 17.7 Å². The molecule has 0 unspecified atom stereocenters. The van der Waals surface area contributed by atoms with E-state index in [0.717, 1.165) is 0 Å². The van der Waals surface area contributed by atoms with Crippen molar-refractivity contribution < 1.29 is 9.47 Å². The first kappa shape index (κ1) is 10.8. The lowest BCUT2D eigenvalue weighted by Crippen LogP contribution is -2.08. The maximum atomic E-state index is 11.6. The molecule has 0 aliphatic heterocycles. The van der Waals surface area contributed by atoms with E-state index in [4.69, 9.17) is 21.1 Å². The minimum Gasteiger partial charge on any atom is -0.497 e. The largest absolute Gasteiger partial charge is 0.497 e. The van der Waals surface area contributed by atoms with Crippen molar-refractivity contribution in [2.24, 2.45) is 0 Å². The van der Waals surface area contributed by atoms with Crippen molar-refractivity contribution in [3.05, 3.63) is 27.8 Å². The highest BCUT2D eigenvalue weighted by atomic mass is 35.5. The average Bonchev–Trinajstić information content (AvgIpc) is 2.28. The van der Waals surface area contributed by atoms with Gasteiger partial charge < -0.3 is 9.47 Å². The molecule has 5 nitrogen and oxygen atoms in total. The average molecular weight is 241 g/mol. The van der Waals surface area contributed by atoms with Crippen LogP contribution >= 0.6 is 11.6 Å². The highest BCUT2D eigenvalue weighted by Gasteiger charge is 2.10. The number of hydrogen-bond acceptors (Lipinski definition) is 4. The van der Waals surface area contributed by atoms with Crippen molar-refractivity contribution in [2.75, 3.05) is 14.2 Å². The van der Waals surface area contributed by atoms with Crippen LogP contribution < -0.4 is 15.0 Å². The zero-order valence-corrected chi connectivity index (χ0v) is 9.46. The summed E-state index contributed by atoms with van der Waals surface area (Å²) >= 11 is 5.67. The molecule has 0 fully saturated rings. The summed E-state index contributed by atoms with van der Waals surface area (Å²) in [5, 5.41) is 0.404. The molecule has 0 bridgehead atoms. The highest BCUT2D eigenvalue weighted by Crippen LogP contribution is 2.28. The van der Waals surface area contributed by atoms with Crippen LogP contribution in [-0.2, 0) is 0 Å². The number of ether oxygens (including phenoxy) is 2. The second-order valence-corrected chi connectivity index (χ2v) is 3.44. The van der Waals surface area contributed by atoms with Gasteiger partial charge in [-0.15, -0.1) is 0 Å². The van der Waals surface area contributed by atoms with Crippen LogP contribution in [0, 0.1) is 0 Å². The number of nitrogens with zero attached hydrogens (tertiary/aromatic N) is 1. The molecule has 0 aliphatic carbocycles. The van der Waals surface area contributed by atoms with Crippen LogP contribution in [0.4, 0.5) is 0 Å². The number of rotatable bonds is 2. The van der Waals surface area contributed by atoms with Crippen molar-refractivity contribution in [3.8, 4) is 11.5 Å². The summed E-state index contributed by atoms with van der Waals surface area (Å²) in [4.78, 5) is 18.1. The van der Waals surface area contributed by atoms with Gasteiger partial charge in [0.2, 0.25) is 5.28 Å². The third-order valence-corrected chi connectivity index (χ3v) is 2.35. The lowest BCUT2D eigenvalue weighted by atomic mass is 10.2. The molecule has 1 heterocycles. The van der Waals surface area contributed by atoms with Crippen LogP contribution in [0.15, 0.2) is 16.9 Å². The van der Waals surface area contributed by atoms with Crippen LogP contribution in [0.2, 0.25) is 5.28 Å². The first-order valence-corrected chi connectivity index (χ1v) is 4.85. The van der Waals surface area contributed by atoms with E-state index in [-0.39, 0.29) is 10.8 Å². The van der Waals surface area contributed by atoms with E-state index in [2.05, 4.69) is 9.97 Å². The third-order valence-electron chi connectivity index (χ3n) is 2.18. The van der Waals surface area contributed by atoms with E-state index in [9.17, 15) is 4.79 Å². The number of H-pyrrole nitrogens is 1. The number of methoxy groups -OCH3 is 2. The molecule has 0 saturated heterocycles. The van der Waals surface area contributed by atoms with Gasteiger partial charge in [-0.2, -0.15) is 0 Å². The lowest BCUT2D eigenvalue weighted by molar-refractivity contribution is 0.397. The monoisotopic (exact) mass is 240 g/mol. The SMILES string of the molecule is COc1cc(OC)c2nc(Cl)[nH]c(=O)c2c1. The normalized spacial score (nSPS) is 10.4. The predicted octanol–water partition coefficient (Wildman–Crippen LogP) is 1.59. The summed E-state index contributed by atoms with van der Waals surface area (Å²) in [7, 11) is 3.00. The molecule has 0 saturated carbocycles. The molecule has 1 aromatic carbocycles. The Balaban J connectivity index is 2.89. The number of aromatic nitrogens is 2. The van der Waals surface area contributed by atoms with Crippen LogP contribution in [0.25, 0.3) is 10.9 Å². The van der Waals surface area contributed by atoms with Gasteiger partial charge in [0.25, 0.3) is 5.56 Å². The summed E-state index contributed by atoms with van der Waals surface area (Å²) in [5.41, 5.74) is 0.0873. The smallest absolute Gasteiger partial charge is 0.259 e. The van der Waals surface area contributed by atoms with Crippen LogP contribution in [-0.4, -0.2) is 24.2 Å². The topological polar surface area (TPSA) is 64.2 Å². The Hall–Kier alpha value is -1.75. The van der Waals surface area contributed by atoms with Crippen LogP contribution in [0.1, 0.15) is 0 Å². The third kappa shape index (κ3) is 1.69. The Morgan fingerprint density at radius 2 is 2.06 bits per heavy atom. The fourth-order valence-corrected chi connectivity index (χ4v) is 1.60. The predicted molar refractivity (Wildman–Crippen MR) is 60.5 cm³/mol. The zero-order valence-electron chi connectivity index (χ0n) is 8.70. The molecule has 0 amide bonds. The van der Waals surface area contributed by atoms with Gasteiger partial charge in [0.05, 0.1) is 19.6 Å². The lowest BCUT2D eigenvalue weighted by Gasteiger charge is -2.07. The first-order chi connectivity index (χ1) is 7.65. The van der Waals surface area contributed by atoms with Gasteiger partial charge in [0.1, 0.15) is 17.0 Å². The fraction of sp³-hybridized carbons (Fsp3) is 0.200. The van der Waals surface area contributed by atoms with Gasteiger partial charge in [0.15, 0.2) is 0 Å². The van der Waals surface area contributed by atoms with Crippen molar-refractivity contribution in [1.82, 2.24) is 9.97 Å². The molecular formula is C10H9ClN2O3. The molecule has 16 heavy (non-hydrogen) atoms. The maximum Gasteiger partial charge on any atom is 0.259 e. The number of halogens is 1. The highest BCUT2D eigenvalue weighted by molar-refractivity contribution is 6.28. The Labute approximate surface area is 96.0 Å². The van der Waals surface area contributed by atoms with Gasteiger partial charge in [0, 0.05) is 6.07 Å². The van der Waals surface area contributed by atoms with Gasteiger partial charge in [-0.3, -0.25) is 9.78 Å². The first-order valence-electron chi connectivity index (χ1n) is 4.47. The minimum atomic E-state index is -0.327. The van der Waals surface area contributed by atoms with Crippen molar-refractivity contribution in [2.45, 2.75) is 0 Å². The van der Waals surface area contributed by atoms with Gasteiger partial charge in [-0.25, -0.2) is 4.98 Å². The Bertz CT molecular complexity index is 594. The molecule has 0 spiro atoms. The fourth-order valence-electron chi connectivity index (χ4n) is 1.43. The number of nitrogens with one attached hydrogen (secondary N) is 1. The van der Waals surface area contributed by atoms with Crippen molar-refractivity contribution in [1.29, 1.82) is 0 Å². The summed E-state index contributed by atoms with van der Waals surface area (Å²) in [6.07, 6.45) is 0. The Kier molecular flexibility index (Phi) is 2.70. The van der Waals surface area contributed by atoms with Crippen molar-refractivity contribution >= 4 is 22.5 Å². The quantitative estimate of drug-likeness (QED) is 0.810. The molecule has 2 aromatic rings. The van der Waals surface area contributed by atoms with E-state index < -0.39 is 0 Å². The molecule has 1 N–H and O–H groups in total. The van der Waals surface area contributed by atoms with E-state index in [1.165, 1.54) is 14.2 Å². The summed E-state index contributed by atoms with van der Waals surface area (Å²) in [6, 6.07) is 3.23. The molecule has 1 aromatic heterocycles. The molecule has 0 radical (unpaired) electrons. The second kappa shape index (κ2) is 4.02. The van der Waals surface area contributed by atoms with E-state index in [1.54, 1.807) is 12.1 Å². The molecule has 84 valence electrons. The standard InChI is InChI=1S/C10H9ClN2O3/c1-15-5-3-6-8(7(4-5)16-2)12-10(11)13-9(6)14/h3-4H,1-2H3,(H,12,13,14). The summed E-state index contributed by atoms with van der Waals surface area (Å²) in [6.45, 7) is 0. The van der Waals surface area contributed by atoms with E-state index >= 15 is 0 Å². The Morgan fingerprint density at radius 3 is 2.69 bits per heavy atom. The summed E-state index contributed by atoms with van der Waals surface area (Å²) < 4.78 is 10.2. The number of aromatic amines is 1. The molecule has 0 atom stereocenters. The molecular weight excluding hydrogens is 232 g/mol. The number of fused-ring (bicyclic) bond motifs is 1.